The highest BCUT2D eigenvalue weighted by atomic mass is 35.5. The highest BCUT2D eigenvalue weighted by Crippen LogP contribution is 2.35. The first-order valence-electron chi connectivity index (χ1n) is 10.3. The quantitative estimate of drug-likeness (QED) is 0.345. The Bertz CT molecular complexity index is 1610. The second-order valence-electron chi connectivity index (χ2n) is 7.75. The Morgan fingerprint density at radius 2 is 1.78 bits per heavy atom. The van der Waals surface area contributed by atoms with E-state index in [2.05, 4.69) is 20.2 Å². The molecule has 0 aliphatic rings. The van der Waals surface area contributed by atoms with Crippen molar-refractivity contribution < 1.29 is 28.2 Å². The Morgan fingerprint density at radius 1 is 1.03 bits per heavy atom. The molecule has 2 aromatic carbocycles. The third-order valence-corrected chi connectivity index (χ3v) is 5.70. The van der Waals surface area contributed by atoms with Crippen molar-refractivity contribution in [3.8, 4) is 23.0 Å². The van der Waals surface area contributed by atoms with Gasteiger partial charge in [0.1, 0.15) is 11.0 Å². The average Bonchev–Trinajstić information content (AvgIpc) is 3.47. The van der Waals surface area contributed by atoms with Gasteiger partial charge in [0.05, 0.1) is 30.1 Å². The lowest BCUT2D eigenvalue weighted by atomic mass is 10.0. The average molecular weight is 515 g/mol. The molecular formula is C23H14ClF3N6O3. The number of aromatic hydroxyl groups is 1. The molecule has 2 N–H and O–H groups in total. The predicted octanol–water partition coefficient (Wildman–Crippen LogP) is 4.80. The van der Waals surface area contributed by atoms with Crippen LogP contribution in [0.1, 0.15) is 21.5 Å². The molecule has 0 fully saturated rings. The molecule has 5 rings (SSSR count). The summed E-state index contributed by atoms with van der Waals surface area (Å²) in [5.41, 5.74) is 1.58. The highest BCUT2D eigenvalue weighted by Gasteiger charge is 2.31. The number of carboxylic acid groups (broad SMARTS) is 1. The van der Waals surface area contributed by atoms with E-state index in [4.69, 9.17) is 16.7 Å². The van der Waals surface area contributed by atoms with E-state index >= 15 is 0 Å². The Labute approximate surface area is 205 Å². The maximum Gasteiger partial charge on any atom is 0.416 e. The SMILES string of the molecule is O=C(O)c1cnn(-c2nc(O)c3c(cnn3Cc3ccc(-c4ccc(C(F)(F)F)cc4Cl)cc3)n2)c1. The van der Waals surface area contributed by atoms with E-state index in [-0.39, 0.29) is 34.5 Å². The molecule has 0 unspecified atom stereocenters. The number of hydrogen-bond donors (Lipinski definition) is 2. The van der Waals surface area contributed by atoms with Crippen LogP contribution in [0, 0.1) is 0 Å². The zero-order valence-corrected chi connectivity index (χ0v) is 18.7. The molecule has 0 spiro atoms. The number of alkyl halides is 3. The molecule has 0 aliphatic heterocycles. The summed E-state index contributed by atoms with van der Waals surface area (Å²) >= 11 is 6.09. The summed E-state index contributed by atoms with van der Waals surface area (Å²) in [6.45, 7) is 0.242. The zero-order valence-electron chi connectivity index (χ0n) is 18.0. The number of carbonyl (C=O) groups is 1. The third-order valence-electron chi connectivity index (χ3n) is 5.39. The lowest BCUT2D eigenvalue weighted by Gasteiger charge is -2.11. The minimum absolute atomic E-state index is 0.0128. The van der Waals surface area contributed by atoms with Crippen LogP contribution in [-0.2, 0) is 12.7 Å². The number of hydrogen-bond acceptors (Lipinski definition) is 6. The highest BCUT2D eigenvalue weighted by molar-refractivity contribution is 6.33. The van der Waals surface area contributed by atoms with Crippen molar-refractivity contribution in [2.75, 3.05) is 0 Å². The molecule has 0 saturated heterocycles. The summed E-state index contributed by atoms with van der Waals surface area (Å²) in [5, 5.41) is 27.7. The summed E-state index contributed by atoms with van der Waals surface area (Å²) in [7, 11) is 0. The fourth-order valence-corrected chi connectivity index (χ4v) is 3.91. The lowest BCUT2D eigenvalue weighted by Crippen LogP contribution is -2.05. The molecule has 0 aliphatic carbocycles. The van der Waals surface area contributed by atoms with Crippen molar-refractivity contribution in [3.05, 3.63) is 82.8 Å². The Kier molecular flexibility index (Phi) is 5.59. The topological polar surface area (TPSA) is 119 Å². The van der Waals surface area contributed by atoms with Crippen LogP contribution in [0.4, 0.5) is 13.2 Å². The largest absolute Gasteiger partial charge is 0.492 e. The lowest BCUT2D eigenvalue weighted by molar-refractivity contribution is -0.137. The molecule has 0 radical (unpaired) electrons. The Balaban J connectivity index is 1.40. The van der Waals surface area contributed by atoms with Gasteiger partial charge in [0.25, 0.3) is 5.95 Å². The number of rotatable bonds is 5. The van der Waals surface area contributed by atoms with Crippen LogP contribution in [0.15, 0.2) is 61.1 Å². The first kappa shape index (κ1) is 23.3. The maximum atomic E-state index is 12.9. The van der Waals surface area contributed by atoms with Crippen molar-refractivity contribution in [2.45, 2.75) is 12.7 Å². The molecule has 0 bridgehead atoms. The summed E-state index contributed by atoms with van der Waals surface area (Å²) in [6.07, 6.45) is -0.692. The van der Waals surface area contributed by atoms with Gasteiger partial charge in [-0.05, 0) is 23.3 Å². The van der Waals surface area contributed by atoms with E-state index < -0.39 is 17.7 Å². The first-order valence-corrected chi connectivity index (χ1v) is 10.6. The molecule has 182 valence electrons. The van der Waals surface area contributed by atoms with Crippen LogP contribution < -0.4 is 0 Å². The number of aromatic nitrogens is 6. The monoisotopic (exact) mass is 514 g/mol. The number of fused-ring (bicyclic) bond motifs is 1. The molecule has 3 heterocycles. The van der Waals surface area contributed by atoms with Gasteiger partial charge in [0, 0.05) is 16.8 Å². The number of nitrogens with zero attached hydrogens (tertiary/aromatic N) is 6. The van der Waals surface area contributed by atoms with Crippen molar-refractivity contribution in [3.63, 3.8) is 0 Å². The van der Waals surface area contributed by atoms with Crippen LogP contribution in [0.5, 0.6) is 5.88 Å². The zero-order chi connectivity index (χ0) is 25.6. The second kappa shape index (κ2) is 8.64. The van der Waals surface area contributed by atoms with E-state index in [1.807, 2.05) is 0 Å². The molecular weight excluding hydrogens is 501 g/mol. The molecule has 5 aromatic rings. The van der Waals surface area contributed by atoms with Crippen LogP contribution in [0.2, 0.25) is 5.02 Å². The predicted molar refractivity (Wildman–Crippen MR) is 122 cm³/mol. The van der Waals surface area contributed by atoms with Gasteiger partial charge in [-0.3, -0.25) is 4.68 Å². The van der Waals surface area contributed by atoms with Crippen LogP contribution in [-0.4, -0.2) is 45.7 Å². The second-order valence-corrected chi connectivity index (χ2v) is 8.16. The number of benzene rings is 2. The van der Waals surface area contributed by atoms with Gasteiger partial charge in [0.15, 0.2) is 0 Å². The van der Waals surface area contributed by atoms with Gasteiger partial charge < -0.3 is 10.2 Å². The molecule has 0 amide bonds. The number of carboxylic acids is 1. The van der Waals surface area contributed by atoms with Crippen LogP contribution in [0.25, 0.3) is 28.1 Å². The van der Waals surface area contributed by atoms with Crippen molar-refractivity contribution in [1.82, 2.24) is 29.5 Å². The first-order chi connectivity index (χ1) is 17.1. The van der Waals surface area contributed by atoms with Crippen LogP contribution >= 0.6 is 11.6 Å². The van der Waals surface area contributed by atoms with Gasteiger partial charge in [-0.25, -0.2) is 14.5 Å². The molecule has 3 aromatic heterocycles. The molecule has 0 atom stereocenters. The van der Waals surface area contributed by atoms with E-state index in [1.54, 1.807) is 24.3 Å². The smallest absolute Gasteiger partial charge is 0.416 e. The van der Waals surface area contributed by atoms with E-state index in [0.29, 0.717) is 16.6 Å². The van der Waals surface area contributed by atoms with Crippen molar-refractivity contribution in [1.29, 1.82) is 0 Å². The normalized spacial score (nSPS) is 11.8. The number of aromatic carboxylic acids is 1. The molecule has 36 heavy (non-hydrogen) atoms. The van der Waals surface area contributed by atoms with E-state index in [1.165, 1.54) is 23.1 Å². The van der Waals surface area contributed by atoms with Crippen LogP contribution in [0.3, 0.4) is 0 Å². The van der Waals surface area contributed by atoms with Crippen molar-refractivity contribution >= 4 is 28.6 Å². The summed E-state index contributed by atoms with van der Waals surface area (Å²) in [6, 6.07) is 10.2. The van der Waals surface area contributed by atoms with E-state index in [0.717, 1.165) is 28.6 Å². The molecule has 0 saturated carbocycles. The van der Waals surface area contributed by atoms with Gasteiger partial charge in [-0.2, -0.15) is 28.4 Å². The summed E-state index contributed by atoms with van der Waals surface area (Å²) in [4.78, 5) is 19.4. The standard InChI is InChI=1S/C23H14ClF3N6O3/c24-17-7-15(23(25,26)27)5-6-16(17)13-3-1-12(2-4-13)10-32-19-18(9-29-32)30-22(31-20(19)34)33-11-14(8-28-33)21(35)36/h1-9,11H,10H2,(H,35,36)(H,30,31,34). The summed E-state index contributed by atoms with van der Waals surface area (Å²) < 4.78 is 41.3. The minimum atomic E-state index is -4.48. The Morgan fingerprint density at radius 3 is 2.42 bits per heavy atom. The maximum absolute atomic E-state index is 12.9. The van der Waals surface area contributed by atoms with Gasteiger partial charge >= 0.3 is 12.1 Å². The fraction of sp³-hybridized carbons (Fsp3) is 0.0870. The fourth-order valence-electron chi connectivity index (χ4n) is 3.62. The van der Waals surface area contributed by atoms with Gasteiger partial charge in [-0.1, -0.05) is 41.9 Å². The minimum Gasteiger partial charge on any atom is -0.492 e. The van der Waals surface area contributed by atoms with Gasteiger partial charge in [-0.15, -0.1) is 0 Å². The molecule has 13 heteroatoms. The number of halogens is 4. The van der Waals surface area contributed by atoms with E-state index in [9.17, 15) is 23.1 Å². The molecule has 9 nitrogen and oxygen atoms in total. The van der Waals surface area contributed by atoms with Gasteiger partial charge in [0.2, 0.25) is 5.88 Å². The third kappa shape index (κ3) is 4.33. The summed E-state index contributed by atoms with van der Waals surface area (Å²) in [5.74, 6) is -1.55. The Hall–Kier alpha value is -4.45. The van der Waals surface area contributed by atoms with Crippen molar-refractivity contribution in [2.24, 2.45) is 0 Å².